The van der Waals surface area contributed by atoms with Gasteiger partial charge in [-0.15, -0.1) is 0 Å². The molecule has 1 amide bonds. The number of hydrogen-bond donors (Lipinski definition) is 1. The molecule has 5 rings (SSSR count). The van der Waals surface area contributed by atoms with E-state index < -0.39 is 0 Å². The third kappa shape index (κ3) is 7.87. The molecule has 214 valence electrons. The molecule has 1 saturated heterocycles. The summed E-state index contributed by atoms with van der Waals surface area (Å²) in [5.74, 6) is -0.678. The zero-order valence-electron chi connectivity index (χ0n) is 23.5. The summed E-state index contributed by atoms with van der Waals surface area (Å²) in [6.07, 6.45) is 5.34. The van der Waals surface area contributed by atoms with E-state index in [4.69, 9.17) is 0 Å². The Balaban J connectivity index is 1.14. The van der Waals surface area contributed by atoms with Gasteiger partial charge in [-0.3, -0.25) is 14.6 Å². The third-order valence-corrected chi connectivity index (χ3v) is 7.55. The average Bonchev–Trinajstić information content (AvgIpc) is 3.03. The van der Waals surface area contributed by atoms with E-state index in [1.165, 1.54) is 24.3 Å². The van der Waals surface area contributed by atoms with Gasteiger partial charge in [-0.05, 0) is 52.1 Å². The van der Waals surface area contributed by atoms with E-state index in [-0.39, 0.29) is 23.6 Å². The standard InChI is InChI=1S/C36H35F2N3O/c37-32-18-14-30(15-19-32)36(31-16-20-33(38)21-17-31)41-26-24-40(25-27-41)23-22-39-35(42)13-7-12-34(28-8-3-1-4-9-28)29-10-5-2-6-11-29/h1-21,36H,22-27H2,(H,39,42)/b13-7+. The Hall–Kier alpha value is -4.39. The fourth-order valence-corrected chi connectivity index (χ4v) is 5.37. The molecule has 4 aromatic rings. The van der Waals surface area contributed by atoms with Crippen molar-refractivity contribution >= 4 is 11.5 Å². The van der Waals surface area contributed by atoms with E-state index in [2.05, 4.69) is 39.4 Å². The molecule has 0 aliphatic carbocycles. The maximum absolute atomic E-state index is 13.6. The molecule has 1 aliphatic rings. The summed E-state index contributed by atoms with van der Waals surface area (Å²) in [5, 5.41) is 3.00. The van der Waals surface area contributed by atoms with Gasteiger partial charge in [-0.25, -0.2) is 8.78 Å². The van der Waals surface area contributed by atoms with Crippen molar-refractivity contribution in [3.63, 3.8) is 0 Å². The molecule has 0 aromatic heterocycles. The van der Waals surface area contributed by atoms with Gasteiger partial charge in [0.25, 0.3) is 0 Å². The van der Waals surface area contributed by atoms with Crippen LogP contribution in [0.5, 0.6) is 0 Å². The Morgan fingerprint density at radius 3 is 1.71 bits per heavy atom. The number of carbonyl (C=O) groups is 1. The van der Waals surface area contributed by atoms with Crippen LogP contribution >= 0.6 is 0 Å². The number of hydrogen-bond acceptors (Lipinski definition) is 3. The fraction of sp³-hybridized carbons (Fsp3) is 0.194. The predicted molar refractivity (Wildman–Crippen MR) is 165 cm³/mol. The maximum atomic E-state index is 13.6. The van der Waals surface area contributed by atoms with Crippen LogP contribution in [0.25, 0.3) is 5.57 Å². The molecule has 4 nitrogen and oxygen atoms in total. The zero-order valence-corrected chi connectivity index (χ0v) is 23.5. The Labute approximate surface area is 246 Å². The largest absolute Gasteiger partial charge is 0.351 e. The van der Waals surface area contributed by atoms with Gasteiger partial charge in [0.2, 0.25) is 5.91 Å². The van der Waals surface area contributed by atoms with E-state index in [0.717, 1.165) is 60.6 Å². The number of carbonyl (C=O) groups excluding carboxylic acids is 1. The van der Waals surface area contributed by atoms with Crippen LogP contribution in [-0.2, 0) is 4.79 Å². The van der Waals surface area contributed by atoms with Crippen LogP contribution in [0.15, 0.2) is 127 Å². The lowest BCUT2D eigenvalue weighted by atomic mass is 9.96. The molecule has 0 bridgehead atoms. The molecule has 4 aromatic carbocycles. The lowest BCUT2D eigenvalue weighted by Gasteiger charge is -2.39. The van der Waals surface area contributed by atoms with E-state index in [1.54, 1.807) is 36.4 Å². The number of benzene rings is 4. The first-order valence-electron chi connectivity index (χ1n) is 14.3. The minimum Gasteiger partial charge on any atom is -0.351 e. The first-order chi connectivity index (χ1) is 20.6. The van der Waals surface area contributed by atoms with Gasteiger partial charge >= 0.3 is 0 Å². The molecular weight excluding hydrogens is 528 g/mol. The highest BCUT2D eigenvalue weighted by atomic mass is 19.1. The van der Waals surface area contributed by atoms with E-state index >= 15 is 0 Å². The normalized spacial score (nSPS) is 14.3. The molecule has 1 aliphatic heterocycles. The van der Waals surface area contributed by atoms with Crippen molar-refractivity contribution in [1.82, 2.24) is 15.1 Å². The second-order valence-corrected chi connectivity index (χ2v) is 10.3. The third-order valence-electron chi connectivity index (χ3n) is 7.55. The minimum absolute atomic E-state index is 0.0806. The Kier molecular flexibility index (Phi) is 10.0. The summed E-state index contributed by atoms with van der Waals surface area (Å²) >= 11 is 0. The SMILES string of the molecule is O=C(/C=C/C=C(c1ccccc1)c1ccccc1)NCCN1CCN(C(c2ccc(F)cc2)c2ccc(F)cc2)CC1. The Bertz CT molecular complexity index is 1390. The van der Waals surface area contributed by atoms with Crippen LogP contribution in [0.4, 0.5) is 8.78 Å². The first-order valence-corrected chi connectivity index (χ1v) is 14.3. The summed E-state index contributed by atoms with van der Waals surface area (Å²) < 4.78 is 27.2. The number of allylic oxidation sites excluding steroid dienone is 2. The highest BCUT2D eigenvalue weighted by Gasteiger charge is 2.26. The van der Waals surface area contributed by atoms with Gasteiger partial charge in [-0.1, -0.05) is 97.1 Å². The second kappa shape index (κ2) is 14.5. The molecule has 0 saturated carbocycles. The minimum atomic E-state index is -0.276. The average molecular weight is 564 g/mol. The fourth-order valence-electron chi connectivity index (χ4n) is 5.37. The van der Waals surface area contributed by atoms with Crippen LogP contribution in [0.2, 0.25) is 0 Å². The van der Waals surface area contributed by atoms with Gasteiger partial charge < -0.3 is 5.32 Å². The molecule has 1 N–H and O–H groups in total. The van der Waals surface area contributed by atoms with Crippen LogP contribution in [0.3, 0.4) is 0 Å². The highest BCUT2D eigenvalue weighted by Crippen LogP contribution is 2.30. The van der Waals surface area contributed by atoms with Crippen molar-refractivity contribution in [2.24, 2.45) is 0 Å². The van der Waals surface area contributed by atoms with E-state index in [9.17, 15) is 13.6 Å². The van der Waals surface area contributed by atoms with Gasteiger partial charge in [-0.2, -0.15) is 0 Å². The topological polar surface area (TPSA) is 35.6 Å². The predicted octanol–water partition coefficient (Wildman–Crippen LogP) is 6.48. The quantitative estimate of drug-likeness (QED) is 0.177. The van der Waals surface area contributed by atoms with Crippen molar-refractivity contribution in [3.8, 4) is 0 Å². The van der Waals surface area contributed by atoms with E-state index in [0.29, 0.717) is 6.54 Å². The van der Waals surface area contributed by atoms with Crippen LogP contribution in [0.1, 0.15) is 28.3 Å². The van der Waals surface area contributed by atoms with Gasteiger partial charge in [0, 0.05) is 45.3 Å². The number of nitrogens with one attached hydrogen (secondary N) is 1. The van der Waals surface area contributed by atoms with Crippen molar-refractivity contribution in [1.29, 1.82) is 0 Å². The summed E-state index contributed by atoms with van der Waals surface area (Å²) in [4.78, 5) is 17.2. The van der Waals surface area contributed by atoms with E-state index in [1.807, 2.05) is 42.5 Å². The van der Waals surface area contributed by atoms with Crippen molar-refractivity contribution < 1.29 is 13.6 Å². The summed E-state index contributed by atoms with van der Waals surface area (Å²) in [7, 11) is 0. The highest BCUT2D eigenvalue weighted by molar-refractivity contribution is 5.89. The van der Waals surface area contributed by atoms with Crippen LogP contribution < -0.4 is 5.32 Å². The van der Waals surface area contributed by atoms with Gasteiger partial charge in [0.1, 0.15) is 11.6 Å². The lowest BCUT2D eigenvalue weighted by molar-refractivity contribution is -0.116. The molecule has 0 unspecified atom stereocenters. The number of amides is 1. The van der Waals surface area contributed by atoms with Crippen molar-refractivity contribution in [3.05, 3.63) is 161 Å². The number of nitrogens with zero attached hydrogens (tertiary/aromatic N) is 2. The number of rotatable bonds is 10. The Morgan fingerprint density at radius 2 is 1.21 bits per heavy atom. The summed E-state index contributed by atoms with van der Waals surface area (Å²) in [5.41, 5.74) is 5.19. The molecule has 1 heterocycles. The second-order valence-electron chi connectivity index (χ2n) is 10.3. The van der Waals surface area contributed by atoms with Crippen LogP contribution in [0, 0.1) is 11.6 Å². The smallest absolute Gasteiger partial charge is 0.244 e. The number of halogens is 2. The molecule has 42 heavy (non-hydrogen) atoms. The zero-order chi connectivity index (χ0) is 29.1. The molecule has 0 atom stereocenters. The molecule has 1 fully saturated rings. The van der Waals surface area contributed by atoms with Crippen LogP contribution in [-0.4, -0.2) is 55.0 Å². The molecule has 0 radical (unpaired) electrons. The van der Waals surface area contributed by atoms with Gasteiger partial charge in [0.05, 0.1) is 6.04 Å². The first kappa shape index (κ1) is 29.1. The molecular formula is C36H35F2N3O. The molecule has 6 heteroatoms. The van der Waals surface area contributed by atoms with Crippen molar-refractivity contribution in [2.45, 2.75) is 6.04 Å². The Morgan fingerprint density at radius 1 is 0.714 bits per heavy atom. The number of piperazine rings is 1. The summed E-state index contributed by atoms with van der Waals surface area (Å²) in [6, 6.07) is 33.3. The van der Waals surface area contributed by atoms with Gasteiger partial charge in [0.15, 0.2) is 0 Å². The maximum Gasteiger partial charge on any atom is 0.244 e. The van der Waals surface area contributed by atoms with Crippen molar-refractivity contribution in [2.75, 3.05) is 39.3 Å². The molecule has 0 spiro atoms. The monoisotopic (exact) mass is 563 g/mol. The lowest BCUT2D eigenvalue weighted by Crippen LogP contribution is -2.49. The summed E-state index contributed by atoms with van der Waals surface area (Å²) in [6.45, 7) is 4.59.